The Morgan fingerprint density at radius 2 is 2.12 bits per heavy atom. The van der Waals surface area contributed by atoms with E-state index in [1.807, 2.05) is 7.05 Å². The first-order valence-corrected chi connectivity index (χ1v) is 9.23. The highest BCUT2D eigenvalue weighted by Gasteiger charge is 2.43. The molecule has 24 heavy (non-hydrogen) atoms. The van der Waals surface area contributed by atoms with Crippen molar-refractivity contribution in [3.05, 3.63) is 35.5 Å². The van der Waals surface area contributed by atoms with E-state index in [0.29, 0.717) is 5.41 Å². The van der Waals surface area contributed by atoms with Gasteiger partial charge >= 0.3 is 0 Å². The molecule has 1 saturated carbocycles. The van der Waals surface area contributed by atoms with Crippen LogP contribution in [-0.2, 0) is 6.42 Å². The Labute approximate surface area is 144 Å². The van der Waals surface area contributed by atoms with Crippen molar-refractivity contribution in [2.24, 2.45) is 10.4 Å². The van der Waals surface area contributed by atoms with E-state index in [0.717, 1.165) is 25.5 Å². The van der Waals surface area contributed by atoms with Gasteiger partial charge in [0.1, 0.15) is 0 Å². The zero-order chi connectivity index (χ0) is 16.6. The van der Waals surface area contributed by atoms with Crippen molar-refractivity contribution in [3.8, 4) is 0 Å². The molecule has 1 aromatic heterocycles. The average Bonchev–Trinajstić information content (AvgIpc) is 3.13. The number of rotatable bonds is 3. The molecule has 128 valence electrons. The highest BCUT2D eigenvalue weighted by atomic mass is 15.3. The van der Waals surface area contributed by atoms with Crippen molar-refractivity contribution in [2.45, 2.75) is 39.0 Å². The van der Waals surface area contributed by atoms with Crippen molar-refractivity contribution in [3.63, 3.8) is 0 Å². The molecule has 2 aliphatic rings. The largest absolute Gasteiger partial charge is 0.358 e. The summed E-state index contributed by atoms with van der Waals surface area (Å²) in [6.45, 7) is 5.45. The van der Waals surface area contributed by atoms with Crippen LogP contribution in [0.5, 0.6) is 0 Å². The quantitative estimate of drug-likeness (QED) is 0.671. The summed E-state index contributed by atoms with van der Waals surface area (Å²) in [6.07, 6.45) is 6.60. The van der Waals surface area contributed by atoms with Gasteiger partial charge in [0.15, 0.2) is 5.96 Å². The molecule has 1 aromatic carbocycles. The molecule has 2 aromatic rings. The van der Waals surface area contributed by atoms with Crippen LogP contribution in [0.3, 0.4) is 0 Å². The van der Waals surface area contributed by atoms with E-state index in [-0.39, 0.29) is 0 Å². The van der Waals surface area contributed by atoms with Crippen LogP contribution in [0.25, 0.3) is 10.9 Å². The van der Waals surface area contributed by atoms with Crippen molar-refractivity contribution in [1.29, 1.82) is 0 Å². The molecule has 2 fully saturated rings. The number of nitrogens with one attached hydrogen (secondary N) is 2. The topological polar surface area (TPSA) is 43.4 Å². The zero-order valence-electron chi connectivity index (χ0n) is 14.9. The summed E-state index contributed by atoms with van der Waals surface area (Å²) in [6, 6.07) is 8.57. The van der Waals surface area contributed by atoms with E-state index in [4.69, 9.17) is 0 Å². The number of likely N-dealkylation sites (tertiary alicyclic amines) is 1. The van der Waals surface area contributed by atoms with Crippen LogP contribution in [-0.4, -0.2) is 42.5 Å². The molecule has 1 aliphatic carbocycles. The van der Waals surface area contributed by atoms with Crippen LogP contribution in [0.4, 0.5) is 0 Å². The first-order chi connectivity index (χ1) is 11.7. The third-order valence-corrected chi connectivity index (χ3v) is 6.05. The van der Waals surface area contributed by atoms with Gasteiger partial charge < -0.3 is 15.2 Å². The van der Waals surface area contributed by atoms with Gasteiger partial charge in [-0.25, -0.2) is 0 Å². The summed E-state index contributed by atoms with van der Waals surface area (Å²) in [5.74, 6) is 1.08. The number of benzene rings is 1. The Kier molecular flexibility index (Phi) is 3.99. The number of guanidine groups is 1. The Bertz CT molecular complexity index is 754. The molecule has 1 spiro atoms. The highest BCUT2D eigenvalue weighted by Crippen LogP contribution is 2.47. The summed E-state index contributed by atoms with van der Waals surface area (Å²) < 4.78 is 0. The molecule has 0 bridgehead atoms. The molecular formula is C20H28N4. The number of H-pyrrole nitrogens is 1. The lowest BCUT2D eigenvalue weighted by Crippen LogP contribution is -2.43. The molecule has 2 heterocycles. The number of fused-ring (bicyclic) bond motifs is 1. The van der Waals surface area contributed by atoms with E-state index in [1.54, 1.807) is 0 Å². The maximum absolute atomic E-state index is 4.52. The molecular weight excluding hydrogens is 296 g/mol. The zero-order valence-corrected chi connectivity index (χ0v) is 14.9. The molecule has 2 N–H and O–H groups in total. The van der Waals surface area contributed by atoms with Gasteiger partial charge in [-0.1, -0.05) is 24.6 Å². The third-order valence-electron chi connectivity index (χ3n) is 6.05. The third kappa shape index (κ3) is 2.68. The van der Waals surface area contributed by atoms with Crippen LogP contribution < -0.4 is 5.32 Å². The van der Waals surface area contributed by atoms with Gasteiger partial charge in [-0.3, -0.25) is 4.99 Å². The highest BCUT2D eigenvalue weighted by molar-refractivity contribution is 5.85. The minimum Gasteiger partial charge on any atom is -0.358 e. The summed E-state index contributed by atoms with van der Waals surface area (Å²) in [4.78, 5) is 10.5. The van der Waals surface area contributed by atoms with E-state index >= 15 is 0 Å². The molecule has 0 unspecified atom stereocenters. The second kappa shape index (κ2) is 6.15. The lowest BCUT2D eigenvalue weighted by molar-refractivity contribution is 0.151. The van der Waals surface area contributed by atoms with Gasteiger partial charge in [-0.2, -0.15) is 0 Å². The van der Waals surface area contributed by atoms with Crippen LogP contribution in [0.2, 0.25) is 0 Å². The molecule has 4 heteroatoms. The second-order valence-electron chi connectivity index (χ2n) is 7.52. The summed E-state index contributed by atoms with van der Waals surface area (Å²) in [5, 5.41) is 4.94. The number of aromatic amines is 1. The first kappa shape index (κ1) is 15.6. The van der Waals surface area contributed by atoms with Crippen LogP contribution in [0.15, 0.2) is 29.3 Å². The number of hydrogen-bond donors (Lipinski definition) is 2. The fourth-order valence-electron chi connectivity index (χ4n) is 4.49. The van der Waals surface area contributed by atoms with Gasteiger partial charge in [0.05, 0.1) is 0 Å². The van der Waals surface area contributed by atoms with Crippen molar-refractivity contribution >= 4 is 16.9 Å². The van der Waals surface area contributed by atoms with Gasteiger partial charge in [0, 0.05) is 43.3 Å². The minimum atomic E-state index is 0.616. The molecule has 0 amide bonds. The van der Waals surface area contributed by atoms with Gasteiger partial charge in [-0.05, 0) is 49.7 Å². The van der Waals surface area contributed by atoms with Crippen molar-refractivity contribution < 1.29 is 0 Å². The van der Waals surface area contributed by atoms with Gasteiger partial charge in [0.25, 0.3) is 0 Å². The number of para-hydroxylation sites is 1. The Hall–Kier alpha value is -1.97. The Morgan fingerprint density at radius 1 is 1.29 bits per heavy atom. The van der Waals surface area contributed by atoms with Gasteiger partial charge in [0.2, 0.25) is 0 Å². The number of aromatic nitrogens is 1. The molecule has 4 nitrogen and oxygen atoms in total. The maximum atomic E-state index is 4.52. The standard InChI is InChI=1S/C20H28N4/c1-15-16(17-6-3-4-7-18(17)23-15)8-12-22-19(21-2)24-13-11-20(14-24)9-5-10-20/h3-4,6-7,23H,5,8-14H2,1-2H3,(H,21,22). The molecule has 0 atom stereocenters. The van der Waals surface area contributed by atoms with Gasteiger partial charge in [-0.15, -0.1) is 0 Å². The van der Waals surface area contributed by atoms with Crippen LogP contribution in [0, 0.1) is 12.3 Å². The fourth-order valence-corrected chi connectivity index (χ4v) is 4.49. The summed E-state index contributed by atoms with van der Waals surface area (Å²) >= 11 is 0. The van der Waals surface area contributed by atoms with Crippen molar-refractivity contribution in [1.82, 2.24) is 15.2 Å². The van der Waals surface area contributed by atoms with Crippen LogP contribution in [0.1, 0.15) is 36.9 Å². The molecule has 1 saturated heterocycles. The number of nitrogens with zero attached hydrogens (tertiary/aromatic N) is 2. The first-order valence-electron chi connectivity index (χ1n) is 9.23. The number of aliphatic imine (C=N–C) groups is 1. The Morgan fingerprint density at radius 3 is 2.83 bits per heavy atom. The molecule has 4 rings (SSSR count). The van der Waals surface area contributed by atoms with Crippen LogP contribution >= 0.6 is 0 Å². The normalized spacial score (nSPS) is 19.9. The molecule has 1 aliphatic heterocycles. The molecule has 0 radical (unpaired) electrons. The fraction of sp³-hybridized carbons (Fsp3) is 0.550. The maximum Gasteiger partial charge on any atom is 0.193 e. The summed E-state index contributed by atoms with van der Waals surface area (Å²) in [7, 11) is 1.91. The Balaban J connectivity index is 1.38. The van der Waals surface area contributed by atoms with Crippen molar-refractivity contribution in [2.75, 3.05) is 26.7 Å². The number of aryl methyl sites for hydroxylation is 1. The van der Waals surface area contributed by atoms with E-state index in [1.165, 1.54) is 54.4 Å². The minimum absolute atomic E-state index is 0.616. The summed E-state index contributed by atoms with van der Waals surface area (Å²) in [5.41, 5.74) is 4.55. The SMILES string of the molecule is CN=C(NCCc1c(C)[nH]c2ccccc12)N1CCC2(CCC2)C1. The predicted molar refractivity (Wildman–Crippen MR) is 101 cm³/mol. The number of hydrogen-bond acceptors (Lipinski definition) is 1. The lowest BCUT2D eigenvalue weighted by Gasteiger charge is -2.38. The smallest absolute Gasteiger partial charge is 0.193 e. The van der Waals surface area contributed by atoms with E-state index in [9.17, 15) is 0 Å². The van der Waals surface area contributed by atoms with E-state index in [2.05, 4.69) is 51.4 Å². The second-order valence-corrected chi connectivity index (χ2v) is 7.52. The van der Waals surface area contributed by atoms with E-state index < -0.39 is 0 Å². The lowest BCUT2D eigenvalue weighted by atomic mass is 9.68. The average molecular weight is 324 g/mol. The predicted octanol–water partition coefficient (Wildman–Crippen LogP) is 3.47. The monoisotopic (exact) mass is 324 g/mol.